The van der Waals surface area contributed by atoms with Crippen LogP contribution in [0.5, 0.6) is 11.5 Å². The molecule has 0 bridgehead atoms. The Morgan fingerprint density at radius 2 is 1.54 bits per heavy atom. The van der Waals surface area contributed by atoms with Crippen LogP contribution in [-0.4, -0.2) is 31.0 Å². The molecule has 2 rings (SSSR count). The number of aromatic hydroxyl groups is 1. The summed E-state index contributed by atoms with van der Waals surface area (Å²) in [7, 11) is 0. The molecule has 1 aliphatic heterocycles. The molecule has 1 aromatic carbocycles. The SMILES string of the molecule is CCCCN(CCCC)c1c(O)c(Cl)c2c(c1Cl)O[C@H](CCC)N2CCCC. The topological polar surface area (TPSA) is 35.9 Å². The number of hydrogen-bond acceptors (Lipinski definition) is 4. The minimum atomic E-state index is -0.0732. The summed E-state index contributed by atoms with van der Waals surface area (Å²) in [6.45, 7) is 11.2. The molecule has 1 aromatic rings. The number of ether oxygens (including phenoxy) is 1. The number of rotatable bonds is 12. The number of hydrogen-bond donors (Lipinski definition) is 1. The maximum Gasteiger partial charge on any atom is 0.172 e. The van der Waals surface area contributed by atoms with Gasteiger partial charge in [0.1, 0.15) is 21.4 Å². The van der Waals surface area contributed by atoms with Gasteiger partial charge in [-0.05, 0) is 19.3 Å². The fraction of sp³-hybridized carbons (Fsp3) is 0.727. The maximum absolute atomic E-state index is 11.0. The highest BCUT2D eigenvalue weighted by atomic mass is 35.5. The summed E-state index contributed by atoms with van der Waals surface area (Å²) in [5.41, 5.74) is 1.38. The fourth-order valence-corrected chi connectivity index (χ4v) is 4.33. The molecule has 1 aliphatic rings. The second-order valence-corrected chi connectivity index (χ2v) is 8.36. The Morgan fingerprint density at radius 3 is 2.07 bits per heavy atom. The number of nitrogens with zero attached hydrogens (tertiary/aromatic N) is 2. The summed E-state index contributed by atoms with van der Waals surface area (Å²) >= 11 is 13.5. The third-order valence-electron chi connectivity index (χ3n) is 5.32. The number of anilines is 2. The summed E-state index contributed by atoms with van der Waals surface area (Å²) in [6, 6.07) is 0. The number of unbranched alkanes of at least 4 members (excludes halogenated alkanes) is 3. The van der Waals surface area contributed by atoms with E-state index in [1.165, 1.54) is 0 Å². The molecule has 0 amide bonds. The van der Waals surface area contributed by atoms with E-state index in [0.29, 0.717) is 21.5 Å². The molecule has 0 saturated heterocycles. The van der Waals surface area contributed by atoms with Crippen molar-refractivity contribution in [1.29, 1.82) is 0 Å². The first-order chi connectivity index (χ1) is 13.5. The Kier molecular flexibility index (Phi) is 9.36. The van der Waals surface area contributed by atoms with Gasteiger partial charge in [0.05, 0.1) is 0 Å². The van der Waals surface area contributed by atoms with Gasteiger partial charge < -0.3 is 19.6 Å². The molecule has 1 heterocycles. The maximum atomic E-state index is 11.0. The molecule has 4 nitrogen and oxygen atoms in total. The Morgan fingerprint density at radius 1 is 0.929 bits per heavy atom. The van der Waals surface area contributed by atoms with Crippen LogP contribution in [0.4, 0.5) is 11.4 Å². The van der Waals surface area contributed by atoms with Crippen LogP contribution in [0, 0.1) is 0 Å². The van der Waals surface area contributed by atoms with Crippen LogP contribution in [0.3, 0.4) is 0 Å². The minimum absolute atomic E-state index is 0.0732. The average molecular weight is 431 g/mol. The van der Waals surface area contributed by atoms with Crippen molar-refractivity contribution in [3.63, 3.8) is 0 Å². The van der Waals surface area contributed by atoms with E-state index in [-0.39, 0.29) is 12.0 Å². The van der Waals surface area contributed by atoms with E-state index in [9.17, 15) is 5.11 Å². The van der Waals surface area contributed by atoms with E-state index in [1.54, 1.807) is 0 Å². The lowest BCUT2D eigenvalue weighted by atomic mass is 10.1. The van der Waals surface area contributed by atoms with Gasteiger partial charge in [-0.25, -0.2) is 0 Å². The van der Waals surface area contributed by atoms with Gasteiger partial charge in [-0.3, -0.25) is 0 Å². The second kappa shape index (κ2) is 11.3. The Bertz CT molecular complexity index is 629. The van der Waals surface area contributed by atoms with Gasteiger partial charge >= 0.3 is 0 Å². The first kappa shape index (κ1) is 23.3. The van der Waals surface area contributed by atoms with Crippen LogP contribution in [0.2, 0.25) is 10.0 Å². The van der Waals surface area contributed by atoms with Crippen LogP contribution < -0.4 is 14.5 Å². The minimum Gasteiger partial charge on any atom is -0.504 e. The molecule has 0 saturated carbocycles. The van der Waals surface area contributed by atoms with Gasteiger partial charge in [-0.2, -0.15) is 0 Å². The van der Waals surface area contributed by atoms with E-state index in [0.717, 1.165) is 76.7 Å². The summed E-state index contributed by atoms with van der Waals surface area (Å²) in [6.07, 6.45) is 8.20. The van der Waals surface area contributed by atoms with Crippen molar-refractivity contribution >= 4 is 34.6 Å². The van der Waals surface area contributed by atoms with E-state index in [1.807, 2.05) is 0 Å². The Balaban J connectivity index is 2.49. The number of benzene rings is 1. The van der Waals surface area contributed by atoms with Gasteiger partial charge in [0.2, 0.25) is 0 Å². The molecule has 0 aromatic heterocycles. The zero-order valence-electron chi connectivity index (χ0n) is 17.9. The standard InChI is InChI=1S/C22H36Cl2N2O2/c1-5-9-13-25(14-10-6-2)19-18(24)22-20(17(23)21(19)27)26(15-11-7-3)16(28-22)12-8-4/h16,27H,5-15H2,1-4H3/t16-/m1/s1. The molecule has 0 fully saturated rings. The van der Waals surface area contributed by atoms with Crippen LogP contribution in [0.1, 0.15) is 79.1 Å². The van der Waals surface area contributed by atoms with E-state index < -0.39 is 0 Å². The van der Waals surface area contributed by atoms with Crippen molar-refractivity contribution in [2.75, 3.05) is 29.4 Å². The van der Waals surface area contributed by atoms with Crippen LogP contribution in [0.25, 0.3) is 0 Å². The number of halogens is 2. The van der Waals surface area contributed by atoms with Crippen molar-refractivity contribution in [2.45, 2.75) is 85.3 Å². The van der Waals surface area contributed by atoms with Crippen LogP contribution >= 0.6 is 23.2 Å². The zero-order valence-corrected chi connectivity index (χ0v) is 19.4. The first-order valence-corrected chi connectivity index (χ1v) is 11.7. The number of phenols is 1. The van der Waals surface area contributed by atoms with Crippen LogP contribution in [-0.2, 0) is 0 Å². The second-order valence-electron chi connectivity index (χ2n) is 7.61. The predicted molar refractivity (Wildman–Crippen MR) is 122 cm³/mol. The zero-order chi connectivity index (χ0) is 20.7. The monoisotopic (exact) mass is 430 g/mol. The largest absolute Gasteiger partial charge is 0.504 e. The fourth-order valence-electron chi connectivity index (χ4n) is 3.71. The Labute approximate surface area is 180 Å². The van der Waals surface area contributed by atoms with Gasteiger partial charge in [-0.1, -0.05) is 76.6 Å². The van der Waals surface area contributed by atoms with Crippen LogP contribution in [0.15, 0.2) is 0 Å². The normalized spacial score (nSPS) is 15.6. The highest BCUT2D eigenvalue weighted by Gasteiger charge is 2.38. The molecule has 6 heteroatoms. The van der Waals surface area contributed by atoms with Gasteiger partial charge in [0.15, 0.2) is 17.7 Å². The van der Waals surface area contributed by atoms with E-state index in [2.05, 4.69) is 37.5 Å². The summed E-state index contributed by atoms with van der Waals surface area (Å²) in [5.74, 6) is 0.715. The summed E-state index contributed by atoms with van der Waals surface area (Å²) in [4.78, 5) is 4.35. The van der Waals surface area contributed by atoms with Gasteiger partial charge in [0, 0.05) is 26.1 Å². The lowest BCUT2D eigenvalue weighted by Gasteiger charge is -2.28. The molecule has 1 atom stereocenters. The molecule has 0 unspecified atom stereocenters. The Hall–Kier alpha value is -1.00. The molecular weight excluding hydrogens is 395 g/mol. The molecule has 28 heavy (non-hydrogen) atoms. The molecule has 0 aliphatic carbocycles. The number of phenolic OH excluding ortho intramolecular Hbond substituents is 1. The number of fused-ring (bicyclic) bond motifs is 1. The molecule has 0 radical (unpaired) electrons. The molecule has 160 valence electrons. The third kappa shape index (κ3) is 4.94. The van der Waals surface area contributed by atoms with Crippen molar-refractivity contribution < 1.29 is 9.84 Å². The first-order valence-electron chi connectivity index (χ1n) is 10.9. The van der Waals surface area contributed by atoms with Crippen molar-refractivity contribution in [2.24, 2.45) is 0 Å². The average Bonchev–Trinajstić information content (AvgIpc) is 3.05. The smallest absolute Gasteiger partial charge is 0.172 e. The predicted octanol–water partition coefficient (Wildman–Crippen LogP) is 7.23. The molecule has 0 spiro atoms. The van der Waals surface area contributed by atoms with Gasteiger partial charge in [-0.15, -0.1) is 0 Å². The highest BCUT2D eigenvalue weighted by molar-refractivity contribution is 6.40. The van der Waals surface area contributed by atoms with Crippen molar-refractivity contribution in [1.82, 2.24) is 0 Å². The van der Waals surface area contributed by atoms with E-state index in [4.69, 9.17) is 27.9 Å². The summed E-state index contributed by atoms with van der Waals surface area (Å²) in [5, 5.41) is 11.9. The molecular formula is C22H36Cl2N2O2. The quantitative estimate of drug-likeness (QED) is 0.379. The van der Waals surface area contributed by atoms with Crippen molar-refractivity contribution in [3.8, 4) is 11.5 Å². The third-order valence-corrected chi connectivity index (χ3v) is 6.03. The highest BCUT2D eigenvalue weighted by Crippen LogP contribution is 2.57. The van der Waals surface area contributed by atoms with Crippen molar-refractivity contribution in [3.05, 3.63) is 10.0 Å². The van der Waals surface area contributed by atoms with E-state index >= 15 is 0 Å². The lowest BCUT2D eigenvalue weighted by molar-refractivity contribution is 0.210. The van der Waals surface area contributed by atoms with Gasteiger partial charge in [0.25, 0.3) is 0 Å². The molecule has 1 N–H and O–H groups in total. The lowest BCUT2D eigenvalue weighted by Crippen LogP contribution is -2.35. The summed E-state index contributed by atoms with van der Waals surface area (Å²) < 4.78 is 6.30.